The molecule has 0 aromatic carbocycles. The van der Waals surface area contributed by atoms with Gasteiger partial charge in [-0.25, -0.2) is 4.79 Å². The van der Waals surface area contributed by atoms with Crippen LogP contribution in [0.1, 0.15) is 47.5 Å². The minimum atomic E-state index is -0.553. The summed E-state index contributed by atoms with van der Waals surface area (Å²) >= 11 is 0. The van der Waals surface area contributed by atoms with Crippen LogP contribution in [0.2, 0.25) is 0 Å². The number of nitrogens with zero attached hydrogens (tertiary/aromatic N) is 1. The number of rotatable bonds is 4. The third kappa shape index (κ3) is 4.11. The Bertz CT molecular complexity index is 406. The molecule has 0 radical (unpaired) electrons. The number of fused-ring (bicyclic) bond motifs is 1. The van der Waals surface area contributed by atoms with Gasteiger partial charge < -0.3 is 15.0 Å². The average molecular weight is 296 g/mol. The normalized spacial score (nSPS) is 26.8. The Balaban J connectivity index is 1.97. The molecule has 0 bridgehead atoms. The predicted octanol–water partition coefficient (Wildman–Crippen LogP) is 2.40. The summed E-state index contributed by atoms with van der Waals surface area (Å²) in [6.07, 6.45) is 1.59. The first-order chi connectivity index (χ1) is 9.71. The molecule has 1 aliphatic heterocycles. The zero-order valence-corrected chi connectivity index (χ0v) is 13.8. The van der Waals surface area contributed by atoms with Crippen LogP contribution in [0.15, 0.2) is 0 Å². The molecule has 0 spiro atoms. The topological polar surface area (TPSA) is 58.6 Å². The molecule has 1 saturated carbocycles. The molecule has 1 unspecified atom stereocenters. The van der Waals surface area contributed by atoms with Crippen molar-refractivity contribution >= 4 is 12.0 Å². The SMILES string of the molecule is CC[C@H](C)C(NC(=O)OC(C)(C)C)C(=O)N1C[C@H]2C[C@H]2C1. The Hall–Kier alpha value is -1.26. The number of nitrogens with one attached hydrogen (secondary N) is 1. The number of amides is 2. The van der Waals surface area contributed by atoms with Crippen molar-refractivity contribution in [1.29, 1.82) is 0 Å². The summed E-state index contributed by atoms with van der Waals surface area (Å²) in [5.41, 5.74) is -0.553. The van der Waals surface area contributed by atoms with Crippen molar-refractivity contribution in [3.63, 3.8) is 0 Å². The number of alkyl carbamates (subject to hydrolysis) is 1. The zero-order chi connectivity index (χ0) is 15.8. The summed E-state index contributed by atoms with van der Waals surface area (Å²) in [5, 5.41) is 2.78. The summed E-state index contributed by atoms with van der Waals surface area (Å²) in [7, 11) is 0. The molecule has 120 valence electrons. The van der Waals surface area contributed by atoms with Crippen molar-refractivity contribution in [2.75, 3.05) is 13.1 Å². The Kier molecular flexibility index (Phi) is 4.49. The number of piperidine rings is 1. The number of carbonyl (C=O) groups excluding carboxylic acids is 2. The number of carbonyl (C=O) groups is 2. The van der Waals surface area contributed by atoms with E-state index in [2.05, 4.69) is 5.32 Å². The molecule has 21 heavy (non-hydrogen) atoms. The average Bonchev–Trinajstić information content (AvgIpc) is 2.99. The highest BCUT2D eigenvalue weighted by Crippen LogP contribution is 2.45. The van der Waals surface area contributed by atoms with Gasteiger partial charge in [-0.15, -0.1) is 0 Å². The zero-order valence-electron chi connectivity index (χ0n) is 13.8. The smallest absolute Gasteiger partial charge is 0.408 e. The monoisotopic (exact) mass is 296 g/mol. The minimum absolute atomic E-state index is 0.0439. The first-order valence-corrected chi connectivity index (χ1v) is 7.99. The largest absolute Gasteiger partial charge is 0.444 e. The Labute approximate surface area is 127 Å². The summed E-state index contributed by atoms with van der Waals surface area (Å²) in [6.45, 7) is 11.2. The van der Waals surface area contributed by atoms with Crippen LogP contribution in [-0.2, 0) is 9.53 Å². The fourth-order valence-electron chi connectivity index (χ4n) is 2.89. The van der Waals surface area contributed by atoms with E-state index in [0.29, 0.717) is 11.8 Å². The van der Waals surface area contributed by atoms with Gasteiger partial charge in [-0.2, -0.15) is 0 Å². The van der Waals surface area contributed by atoms with E-state index in [0.717, 1.165) is 19.5 Å². The predicted molar refractivity (Wildman–Crippen MR) is 80.8 cm³/mol. The van der Waals surface area contributed by atoms with Gasteiger partial charge in [0, 0.05) is 13.1 Å². The van der Waals surface area contributed by atoms with Crippen molar-refractivity contribution in [1.82, 2.24) is 10.2 Å². The fourth-order valence-corrected chi connectivity index (χ4v) is 2.89. The molecule has 2 fully saturated rings. The molecule has 5 heteroatoms. The Morgan fingerprint density at radius 1 is 1.29 bits per heavy atom. The van der Waals surface area contributed by atoms with Gasteiger partial charge in [-0.3, -0.25) is 4.79 Å². The molecular formula is C16H28N2O3. The lowest BCUT2D eigenvalue weighted by atomic mass is 9.98. The van der Waals surface area contributed by atoms with E-state index in [1.807, 2.05) is 39.5 Å². The van der Waals surface area contributed by atoms with E-state index in [-0.39, 0.29) is 11.8 Å². The molecular weight excluding hydrogens is 268 g/mol. The summed E-state index contributed by atoms with van der Waals surface area (Å²) in [6, 6.07) is -0.484. The number of hydrogen-bond donors (Lipinski definition) is 1. The van der Waals surface area contributed by atoms with E-state index in [4.69, 9.17) is 4.74 Å². The molecule has 5 nitrogen and oxygen atoms in total. The van der Waals surface area contributed by atoms with Gasteiger partial charge in [0.1, 0.15) is 11.6 Å². The first kappa shape index (κ1) is 16.1. The van der Waals surface area contributed by atoms with E-state index in [1.165, 1.54) is 6.42 Å². The molecule has 4 atom stereocenters. The van der Waals surface area contributed by atoms with Gasteiger partial charge >= 0.3 is 6.09 Å². The summed E-state index contributed by atoms with van der Waals surface area (Å²) in [5.74, 6) is 1.55. The molecule has 1 saturated heterocycles. The van der Waals surface area contributed by atoms with Crippen LogP contribution >= 0.6 is 0 Å². The quantitative estimate of drug-likeness (QED) is 0.866. The van der Waals surface area contributed by atoms with Crippen LogP contribution in [0.25, 0.3) is 0 Å². The van der Waals surface area contributed by atoms with Gasteiger partial charge in [0.25, 0.3) is 0 Å². The van der Waals surface area contributed by atoms with E-state index in [9.17, 15) is 9.59 Å². The number of hydrogen-bond acceptors (Lipinski definition) is 3. The standard InChI is InChI=1S/C16H28N2O3/c1-6-10(2)13(17-15(20)21-16(3,4)5)14(19)18-8-11-7-12(11)9-18/h10-13H,6-9H2,1-5H3,(H,17,20)/t10-,11-,12+,13?/m0/s1. The van der Waals surface area contributed by atoms with Crippen LogP contribution in [0, 0.1) is 17.8 Å². The minimum Gasteiger partial charge on any atom is -0.444 e. The van der Waals surface area contributed by atoms with Gasteiger partial charge in [-0.05, 0) is 44.9 Å². The number of likely N-dealkylation sites (tertiary alicyclic amines) is 1. The number of ether oxygens (including phenoxy) is 1. The van der Waals surface area contributed by atoms with Gasteiger partial charge in [-0.1, -0.05) is 20.3 Å². The Morgan fingerprint density at radius 3 is 2.33 bits per heavy atom. The lowest BCUT2D eigenvalue weighted by molar-refractivity contribution is -0.134. The van der Waals surface area contributed by atoms with Crippen LogP contribution in [0.3, 0.4) is 0 Å². The highest BCUT2D eigenvalue weighted by Gasteiger charge is 2.48. The third-order valence-corrected chi connectivity index (χ3v) is 4.44. The first-order valence-electron chi connectivity index (χ1n) is 7.99. The van der Waals surface area contributed by atoms with Crippen molar-refractivity contribution in [2.45, 2.75) is 59.1 Å². The molecule has 1 aliphatic carbocycles. The second-order valence-corrected chi connectivity index (χ2v) is 7.51. The molecule has 2 rings (SSSR count). The Morgan fingerprint density at radius 2 is 1.86 bits per heavy atom. The highest BCUT2D eigenvalue weighted by atomic mass is 16.6. The lowest BCUT2D eigenvalue weighted by Crippen LogP contribution is -2.52. The van der Waals surface area contributed by atoms with Crippen LogP contribution in [0.4, 0.5) is 4.79 Å². The third-order valence-electron chi connectivity index (χ3n) is 4.44. The van der Waals surface area contributed by atoms with Crippen LogP contribution < -0.4 is 5.32 Å². The van der Waals surface area contributed by atoms with Gasteiger partial charge in [0.05, 0.1) is 0 Å². The van der Waals surface area contributed by atoms with E-state index >= 15 is 0 Å². The maximum absolute atomic E-state index is 12.7. The van der Waals surface area contributed by atoms with Crippen LogP contribution in [0.5, 0.6) is 0 Å². The van der Waals surface area contributed by atoms with Crippen molar-refractivity contribution < 1.29 is 14.3 Å². The van der Waals surface area contributed by atoms with E-state index < -0.39 is 17.7 Å². The maximum atomic E-state index is 12.7. The second kappa shape index (κ2) is 5.85. The molecule has 0 aromatic heterocycles. The molecule has 2 amide bonds. The van der Waals surface area contributed by atoms with Gasteiger partial charge in [0.2, 0.25) is 5.91 Å². The fraction of sp³-hybridized carbons (Fsp3) is 0.875. The highest BCUT2D eigenvalue weighted by molar-refractivity contribution is 5.86. The molecule has 1 heterocycles. The molecule has 1 N–H and O–H groups in total. The summed E-state index contributed by atoms with van der Waals surface area (Å²) < 4.78 is 5.28. The van der Waals surface area contributed by atoms with Gasteiger partial charge in [0.15, 0.2) is 0 Å². The molecule has 2 aliphatic rings. The van der Waals surface area contributed by atoms with Crippen LogP contribution in [-0.4, -0.2) is 41.6 Å². The molecule has 0 aromatic rings. The lowest BCUT2D eigenvalue weighted by Gasteiger charge is -2.30. The summed E-state index contributed by atoms with van der Waals surface area (Å²) in [4.78, 5) is 26.6. The van der Waals surface area contributed by atoms with E-state index in [1.54, 1.807) is 0 Å². The second-order valence-electron chi connectivity index (χ2n) is 7.51. The van der Waals surface area contributed by atoms with Crippen molar-refractivity contribution in [3.05, 3.63) is 0 Å². The van der Waals surface area contributed by atoms with Crippen molar-refractivity contribution in [2.24, 2.45) is 17.8 Å². The maximum Gasteiger partial charge on any atom is 0.408 e. The van der Waals surface area contributed by atoms with Crippen molar-refractivity contribution in [3.8, 4) is 0 Å².